The first kappa shape index (κ1) is 18.0. The van der Waals surface area contributed by atoms with Crippen LogP contribution in [0.3, 0.4) is 0 Å². The van der Waals surface area contributed by atoms with Gasteiger partial charge in [0, 0.05) is 6.54 Å². The van der Waals surface area contributed by atoms with E-state index in [1.165, 1.54) is 0 Å². The van der Waals surface area contributed by atoms with Gasteiger partial charge in [0.15, 0.2) is 0 Å². The second kappa shape index (κ2) is 7.97. The van der Waals surface area contributed by atoms with E-state index in [4.69, 9.17) is 4.74 Å². The molecule has 2 N–H and O–H groups in total. The van der Waals surface area contributed by atoms with Crippen molar-refractivity contribution in [3.63, 3.8) is 0 Å². The van der Waals surface area contributed by atoms with Crippen molar-refractivity contribution >= 4 is 5.91 Å². The summed E-state index contributed by atoms with van der Waals surface area (Å²) in [4.78, 5) is 12.4. The molecule has 0 bridgehead atoms. The van der Waals surface area contributed by atoms with E-state index >= 15 is 0 Å². The Balaban J connectivity index is 2.00. The molecule has 0 saturated carbocycles. The Morgan fingerprint density at radius 1 is 1.08 bits per heavy atom. The summed E-state index contributed by atoms with van der Waals surface area (Å²) in [5, 5.41) is 12.9. The first-order valence-electron chi connectivity index (χ1n) is 8.16. The zero-order valence-corrected chi connectivity index (χ0v) is 14.5. The lowest BCUT2D eigenvalue weighted by Crippen LogP contribution is -2.32. The van der Waals surface area contributed by atoms with Crippen molar-refractivity contribution in [2.24, 2.45) is 5.41 Å². The molecule has 4 nitrogen and oxygen atoms in total. The summed E-state index contributed by atoms with van der Waals surface area (Å²) in [5.41, 5.74) is 0.283. The molecule has 0 heterocycles. The highest BCUT2D eigenvalue weighted by Gasteiger charge is 2.22. The fourth-order valence-electron chi connectivity index (χ4n) is 2.21. The Bertz CT molecular complexity index is 662. The van der Waals surface area contributed by atoms with Crippen LogP contribution in [0.5, 0.6) is 11.5 Å². The summed E-state index contributed by atoms with van der Waals surface area (Å²) < 4.78 is 5.80. The molecule has 1 atom stereocenters. The number of hydrogen-bond donors (Lipinski definition) is 2. The highest BCUT2D eigenvalue weighted by molar-refractivity contribution is 5.97. The molecular weight excluding hydrogens is 302 g/mol. The molecule has 0 aliphatic heterocycles. The fraction of sp³-hybridized carbons (Fsp3) is 0.350. The second-order valence-electron chi connectivity index (χ2n) is 6.84. The lowest BCUT2D eigenvalue weighted by Gasteiger charge is -2.25. The number of rotatable bonds is 6. The van der Waals surface area contributed by atoms with Gasteiger partial charge in [-0.1, -0.05) is 51.1 Å². The van der Waals surface area contributed by atoms with Crippen LogP contribution in [-0.4, -0.2) is 23.7 Å². The summed E-state index contributed by atoms with van der Waals surface area (Å²) in [6.07, 6.45) is 0.0466. The molecule has 2 aromatic rings. The van der Waals surface area contributed by atoms with Crippen molar-refractivity contribution in [3.05, 3.63) is 60.2 Å². The van der Waals surface area contributed by atoms with Gasteiger partial charge in [0.1, 0.15) is 11.5 Å². The third kappa shape index (κ3) is 5.10. The SMILES string of the molecule is CC(C)(C)C(O)CCNC(=O)c1ccccc1Oc1ccccc1. The fourth-order valence-corrected chi connectivity index (χ4v) is 2.21. The number of carbonyl (C=O) groups excluding carboxylic acids is 1. The summed E-state index contributed by atoms with van der Waals surface area (Å²) in [6.45, 7) is 6.34. The zero-order valence-electron chi connectivity index (χ0n) is 14.5. The molecule has 0 aliphatic carbocycles. The summed E-state index contributed by atoms with van der Waals surface area (Å²) in [5.74, 6) is 0.987. The number of ether oxygens (including phenoxy) is 1. The Kier molecular flexibility index (Phi) is 5.99. The van der Waals surface area contributed by atoms with Gasteiger partial charge in [0.2, 0.25) is 0 Å². The topological polar surface area (TPSA) is 58.6 Å². The first-order chi connectivity index (χ1) is 11.4. The molecule has 24 heavy (non-hydrogen) atoms. The molecule has 0 aromatic heterocycles. The van der Waals surface area contributed by atoms with Gasteiger partial charge in [-0.3, -0.25) is 4.79 Å². The predicted octanol–water partition coefficient (Wildman–Crippen LogP) is 4.01. The maximum absolute atomic E-state index is 12.4. The lowest BCUT2D eigenvalue weighted by atomic mass is 9.87. The van der Waals surface area contributed by atoms with Crippen LogP contribution in [0.15, 0.2) is 54.6 Å². The van der Waals surface area contributed by atoms with Crippen LogP contribution in [0.4, 0.5) is 0 Å². The largest absolute Gasteiger partial charge is 0.457 e. The number of amides is 1. The van der Waals surface area contributed by atoms with E-state index in [2.05, 4.69) is 5.32 Å². The quantitative estimate of drug-likeness (QED) is 0.843. The van der Waals surface area contributed by atoms with Crippen LogP contribution in [-0.2, 0) is 0 Å². The number of benzene rings is 2. The van der Waals surface area contributed by atoms with Crippen molar-refractivity contribution in [2.45, 2.75) is 33.3 Å². The summed E-state index contributed by atoms with van der Waals surface area (Å²) in [7, 11) is 0. The van der Waals surface area contributed by atoms with Gasteiger partial charge in [-0.25, -0.2) is 0 Å². The Hall–Kier alpha value is -2.33. The number of aliphatic hydroxyl groups excluding tert-OH is 1. The van der Waals surface area contributed by atoms with Gasteiger partial charge >= 0.3 is 0 Å². The number of nitrogens with one attached hydrogen (secondary N) is 1. The first-order valence-corrected chi connectivity index (χ1v) is 8.16. The molecule has 0 fully saturated rings. The third-order valence-corrected chi connectivity index (χ3v) is 3.81. The van der Waals surface area contributed by atoms with Crippen LogP contribution >= 0.6 is 0 Å². The summed E-state index contributed by atoms with van der Waals surface area (Å²) in [6, 6.07) is 16.5. The molecule has 0 radical (unpaired) electrons. The highest BCUT2D eigenvalue weighted by atomic mass is 16.5. The predicted molar refractivity (Wildman–Crippen MR) is 95.4 cm³/mol. The van der Waals surface area contributed by atoms with Crippen LogP contribution in [0, 0.1) is 5.41 Å². The van der Waals surface area contributed by atoms with E-state index in [1.807, 2.05) is 57.2 Å². The van der Waals surface area contributed by atoms with Crippen molar-refractivity contribution in [2.75, 3.05) is 6.54 Å². The van der Waals surface area contributed by atoms with Crippen molar-refractivity contribution in [3.8, 4) is 11.5 Å². The molecule has 0 saturated heterocycles. The van der Waals surface area contributed by atoms with Crippen molar-refractivity contribution in [1.82, 2.24) is 5.32 Å². The molecule has 4 heteroatoms. The molecule has 1 amide bonds. The summed E-state index contributed by atoms with van der Waals surface area (Å²) >= 11 is 0. The maximum atomic E-state index is 12.4. The van der Waals surface area contributed by atoms with E-state index < -0.39 is 6.10 Å². The second-order valence-corrected chi connectivity index (χ2v) is 6.84. The molecule has 1 unspecified atom stereocenters. The highest BCUT2D eigenvalue weighted by Crippen LogP contribution is 2.25. The van der Waals surface area contributed by atoms with E-state index in [9.17, 15) is 9.90 Å². The number of aliphatic hydroxyl groups is 1. The standard InChI is InChI=1S/C20H25NO3/c1-20(2,3)18(22)13-14-21-19(23)16-11-7-8-12-17(16)24-15-9-5-4-6-10-15/h4-12,18,22H,13-14H2,1-3H3,(H,21,23). The molecular formula is C20H25NO3. The van der Waals surface area contributed by atoms with E-state index in [-0.39, 0.29) is 11.3 Å². The Labute approximate surface area is 143 Å². The van der Waals surface area contributed by atoms with E-state index in [1.54, 1.807) is 18.2 Å². The molecule has 0 spiro atoms. The Morgan fingerprint density at radius 2 is 1.71 bits per heavy atom. The number of hydrogen-bond acceptors (Lipinski definition) is 3. The number of para-hydroxylation sites is 2. The molecule has 0 aliphatic rings. The molecule has 128 valence electrons. The maximum Gasteiger partial charge on any atom is 0.255 e. The van der Waals surface area contributed by atoms with Crippen molar-refractivity contribution in [1.29, 1.82) is 0 Å². The number of carbonyl (C=O) groups is 1. The monoisotopic (exact) mass is 327 g/mol. The van der Waals surface area contributed by atoms with E-state index in [0.29, 0.717) is 30.0 Å². The van der Waals surface area contributed by atoms with Gasteiger partial charge in [-0.15, -0.1) is 0 Å². The Morgan fingerprint density at radius 3 is 2.38 bits per heavy atom. The van der Waals surface area contributed by atoms with Crippen LogP contribution < -0.4 is 10.1 Å². The average Bonchev–Trinajstić information content (AvgIpc) is 2.55. The smallest absolute Gasteiger partial charge is 0.255 e. The average molecular weight is 327 g/mol. The van der Waals surface area contributed by atoms with Gasteiger partial charge in [0.25, 0.3) is 5.91 Å². The van der Waals surface area contributed by atoms with Gasteiger partial charge < -0.3 is 15.2 Å². The van der Waals surface area contributed by atoms with Gasteiger partial charge in [-0.2, -0.15) is 0 Å². The molecule has 2 rings (SSSR count). The van der Waals surface area contributed by atoms with E-state index in [0.717, 1.165) is 0 Å². The zero-order chi connectivity index (χ0) is 17.6. The minimum Gasteiger partial charge on any atom is -0.457 e. The normalized spacial score (nSPS) is 12.5. The third-order valence-electron chi connectivity index (χ3n) is 3.81. The van der Waals surface area contributed by atoms with Gasteiger partial charge in [-0.05, 0) is 36.1 Å². The van der Waals surface area contributed by atoms with Crippen LogP contribution in [0.2, 0.25) is 0 Å². The minimum atomic E-state index is -0.464. The van der Waals surface area contributed by atoms with Crippen LogP contribution in [0.1, 0.15) is 37.6 Å². The molecule has 2 aromatic carbocycles. The van der Waals surface area contributed by atoms with Crippen molar-refractivity contribution < 1.29 is 14.6 Å². The minimum absolute atomic E-state index is 0.195. The van der Waals surface area contributed by atoms with Crippen LogP contribution in [0.25, 0.3) is 0 Å². The lowest BCUT2D eigenvalue weighted by molar-refractivity contribution is 0.0551. The van der Waals surface area contributed by atoms with Gasteiger partial charge in [0.05, 0.1) is 11.7 Å².